The van der Waals surface area contributed by atoms with Crippen LogP contribution in [0.3, 0.4) is 0 Å². The molecule has 0 amide bonds. The molecule has 0 radical (unpaired) electrons. The van der Waals surface area contributed by atoms with Crippen molar-refractivity contribution in [2.75, 3.05) is 13.2 Å². The summed E-state index contributed by atoms with van der Waals surface area (Å²) in [5.41, 5.74) is 2.85. The van der Waals surface area contributed by atoms with Gasteiger partial charge in [-0.1, -0.05) is 6.07 Å². The molecule has 1 aromatic carbocycles. The van der Waals surface area contributed by atoms with Gasteiger partial charge < -0.3 is 10.1 Å². The highest BCUT2D eigenvalue weighted by molar-refractivity contribution is 5.37. The maximum absolute atomic E-state index is 5.45. The minimum absolute atomic E-state index is 0.747. The molecule has 0 fully saturated rings. The Balaban J connectivity index is 2.24. The van der Waals surface area contributed by atoms with Crippen LogP contribution in [0.2, 0.25) is 0 Å². The summed E-state index contributed by atoms with van der Waals surface area (Å²) >= 11 is 0. The number of hydrogen-bond donors (Lipinski definition) is 1. The van der Waals surface area contributed by atoms with Crippen LogP contribution >= 0.6 is 0 Å². The van der Waals surface area contributed by atoms with Gasteiger partial charge in [0.1, 0.15) is 5.75 Å². The molecule has 0 bridgehead atoms. The molecule has 0 unspecified atom stereocenters. The standard InChI is InChI=1S/C11H15NO/c1-2-13-11-4-3-10-8-12-6-5-9(10)7-11/h3-4,7,12H,2,5-6,8H2,1H3. The van der Waals surface area contributed by atoms with E-state index < -0.39 is 0 Å². The third kappa shape index (κ3) is 1.83. The molecule has 0 saturated carbocycles. The van der Waals surface area contributed by atoms with E-state index in [4.69, 9.17) is 4.74 Å². The largest absolute Gasteiger partial charge is 0.494 e. The summed E-state index contributed by atoms with van der Waals surface area (Å²) in [4.78, 5) is 0. The number of fused-ring (bicyclic) bond motifs is 1. The third-order valence-electron chi connectivity index (χ3n) is 2.38. The first-order chi connectivity index (χ1) is 6.40. The highest BCUT2D eigenvalue weighted by Crippen LogP contribution is 2.20. The van der Waals surface area contributed by atoms with Gasteiger partial charge >= 0.3 is 0 Å². The molecule has 2 heteroatoms. The predicted octanol–water partition coefficient (Wildman–Crippen LogP) is 1.73. The Labute approximate surface area is 78.9 Å². The van der Waals surface area contributed by atoms with E-state index in [9.17, 15) is 0 Å². The second kappa shape index (κ2) is 3.79. The lowest BCUT2D eigenvalue weighted by molar-refractivity contribution is 0.339. The van der Waals surface area contributed by atoms with Crippen molar-refractivity contribution in [3.8, 4) is 5.75 Å². The number of ether oxygens (including phenoxy) is 1. The smallest absolute Gasteiger partial charge is 0.119 e. The van der Waals surface area contributed by atoms with Crippen LogP contribution in [0.15, 0.2) is 18.2 Å². The monoisotopic (exact) mass is 177 g/mol. The molecule has 0 saturated heterocycles. The zero-order chi connectivity index (χ0) is 9.10. The van der Waals surface area contributed by atoms with Gasteiger partial charge in [0.05, 0.1) is 6.61 Å². The molecule has 1 N–H and O–H groups in total. The predicted molar refractivity (Wildman–Crippen MR) is 53.0 cm³/mol. The van der Waals surface area contributed by atoms with Crippen molar-refractivity contribution < 1.29 is 4.74 Å². The van der Waals surface area contributed by atoms with Crippen LogP contribution in [-0.4, -0.2) is 13.2 Å². The summed E-state index contributed by atoms with van der Waals surface area (Å²) in [6.07, 6.45) is 1.12. The molecule has 2 nitrogen and oxygen atoms in total. The SMILES string of the molecule is CCOc1ccc2c(c1)CCNC2. The lowest BCUT2D eigenvalue weighted by Gasteiger charge is -2.17. The topological polar surface area (TPSA) is 21.3 Å². The molecule has 1 heterocycles. The Kier molecular flexibility index (Phi) is 2.50. The van der Waals surface area contributed by atoms with Crippen LogP contribution in [0, 0.1) is 0 Å². The molecule has 0 atom stereocenters. The van der Waals surface area contributed by atoms with E-state index in [1.807, 2.05) is 6.92 Å². The molecule has 13 heavy (non-hydrogen) atoms. The maximum atomic E-state index is 5.45. The maximum Gasteiger partial charge on any atom is 0.119 e. The first-order valence-corrected chi connectivity index (χ1v) is 4.85. The lowest BCUT2D eigenvalue weighted by Crippen LogP contribution is -2.23. The number of benzene rings is 1. The Bertz CT molecular complexity index is 296. The van der Waals surface area contributed by atoms with E-state index in [0.717, 1.165) is 31.9 Å². The van der Waals surface area contributed by atoms with Crippen molar-refractivity contribution in [2.24, 2.45) is 0 Å². The fourth-order valence-corrected chi connectivity index (χ4v) is 1.71. The van der Waals surface area contributed by atoms with Crippen LogP contribution in [0.1, 0.15) is 18.1 Å². The minimum Gasteiger partial charge on any atom is -0.494 e. The van der Waals surface area contributed by atoms with Gasteiger partial charge in [0.15, 0.2) is 0 Å². The molecule has 0 spiro atoms. The summed E-state index contributed by atoms with van der Waals surface area (Å²) in [7, 11) is 0. The van der Waals surface area contributed by atoms with Crippen LogP contribution in [0.25, 0.3) is 0 Å². The van der Waals surface area contributed by atoms with E-state index in [0.29, 0.717) is 0 Å². The Morgan fingerprint density at radius 2 is 2.31 bits per heavy atom. The summed E-state index contributed by atoms with van der Waals surface area (Å²) in [5, 5.41) is 3.35. The van der Waals surface area contributed by atoms with Crippen molar-refractivity contribution in [2.45, 2.75) is 19.9 Å². The average Bonchev–Trinajstić information content (AvgIpc) is 2.18. The normalized spacial score (nSPS) is 15.2. The van der Waals surface area contributed by atoms with E-state index in [1.54, 1.807) is 0 Å². The lowest BCUT2D eigenvalue weighted by atomic mass is 10.0. The fraction of sp³-hybridized carbons (Fsp3) is 0.455. The summed E-state index contributed by atoms with van der Waals surface area (Å²) in [5.74, 6) is 1.00. The van der Waals surface area contributed by atoms with Crippen LogP contribution in [0.5, 0.6) is 5.75 Å². The van der Waals surface area contributed by atoms with Crippen molar-refractivity contribution in [3.63, 3.8) is 0 Å². The van der Waals surface area contributed by atoms with Crippen molar-refractivity contribution >= 4 is 0 Å². The molecule has 1 aliphatic heterocycles. The van der Waals surface area contributed by atoms with Gasteiger partial charge in [-0.15, -0.1) is 0 Å². The quantitative estimate of drug-likeness (QED) is 0.742. The Hall–Kier alpha value is -1.02. The van der Waals surface area contributed by atoms with Gasteiger partial charge in [-0.25, -0.2) is 0 Å². The van der Waals surface area contributed by atoms with Crippen molar-refractivity contribution in [3.05, 3.63) is 29.3 Å². The first kappa shape index (κ1) is 8.57. The molecule has 0 aliphatic carbocycles. The van der Waals surface area contributed by atoms with Gasteiger partial charge in [-0.05, 0) is 43.1 Å². The second-order valence-corrected chi connectivity index (χ2v) is 3.29. The summed E-state index contributed by atoms with van der Waals surface area (Å²) in [6.45, 7) is 4.85. The van der Waals surface area contributed by atoms with Crippen LogP contribution in [0.4, 0.5) is 0 Å². The summed E-state index contributed by atoms with van der Waals surface area (Å²) < 4.78 is 5.45. The highest BCUT2D eigenvalue weighted by atomic mass is 16.5. The van der Waals surface area contributed by atoms with Crippen LogP contribution in [-0.2, 0) is 13.0 Å². The van der Waals surface area contributed by atoms with Gasteiger partial charge in [-0.2, -0.15) is 0 Å². The molecule has 2 rings (SSSR count). The summed E-state index contributed by atoms with van der Waals surface area (Å²) in [6, 6.07) is 6.38. The number of rotatable bonds is 2. The van der Waals surface area contributed by atoms with Crippen molar-refractivity contribution in [1.29, 1.82) is 0 Å². The van der Waals surface area contributed by atoms with E-state index >= 15 is 0 Å². The molecule has 1 aliphatic rings. The third-order valence-corrected chi connectivity index (χ3v) is 2.38. The zero-order valence-electron chi connectivity index (χ0n) is 7.97. The van der Waals surface area contributed by atoms with Gasteiger partial charge in [-0.3, -0.25) is 0 Å². The van der Waals surface area contributed by atoms with Gasteiger partial charge in [0, 0.05) is 6.54 Å². The van der Waals surface area contributed by atoms with Crippen molar-refractivity contribution in [1.82, 2.24) is 5.32 Å². The molecular weight excluding hydrogens is 162 g/mol. The van der Waals surface area contributed by atoms with E-state index in [2.05, 4.69) is 23.5 Å². The zero-order valence-corrected chi connectivity index (χ0v) is 7.97. The van der Waals surface area contributed by atoms with Gasteiger partial charge in [0.25, 0.3) is 0 Å². The van der Waals surface area contributed by atoms with E-state index in [-0.39, 0.29) is 0 Å². The highest BCUT2D eigenvalue weighted by Gasteiger charge is 2.08. The molecule has 1 aromatic rings. The fourth-order valence-electron chi connectivity index (χ4n) is 1.71. The number of hydrogen-bond acceptors (Lipinski definition) is 2. The molecule has 0 aromatic heterocycles. The van der Waals surface area contributed by atoms with Gasteiger partial charge in [0.2, 0.25) is 0 Å². The number of nitrogens with one attached hydrogen (secondary N) is 1. The van der Waals surface area contributed by atoms with E-state index in [1.165, 1.54) is 11.1 Å². The van der Waals surface area contributed by atoms with Crippen LogP contribution < -0.4 is 10.1 Å². The first-order valence-electron chi connectivity index (χ1n) is 4.85. The molecular formula is C11H15NO. The Morgan fingerprint density at radius 1 is 1.38 bits per heavy atom. The minimum atomic E-state index is 0.747. The average molecular weight is 177 g/mol. The molecule has 70 valence electrons. The second-order valence-electron chi connectivity index (χ2n) is 3.29. The Morgan fingerprint density at radius 3 is 3.15 bits per heavy atom.